The number of likely N-dealkylation sites (tertiary alicyclic amines) is 1. The van der Waals surface area contributed by atoms with Gasteiger partial charge in [0, 0.05) is 13.5 Å². The number of hydrogen-bond donors (Lipinski definition) is 2. The van der Waals surface area contributed by atoms with Gasteiger partial charge in [-0.3, -0.25) is 14.9 Å². The maximum Gasteiger partial charge on any atom is 0.232 e. The van der Waals surface area contributed by atoms with Crippen LogP contribution < -0.4 is 5.32 Å². The Kier molecular flexibility index (Phi) is 3.72. The van der Waals surface area contributed by atoms with E-state index in [4.69, 9.17) is 0 Å². The van der Waals surface area contributed by atoms with E-state index in [1.54, 1.807) is 11.9 Å². The molecule has 1 aliphatic heterocycles. The van der Waals surface area contributed by atoms with Crippen LogP contribution in [-0.4, -0.2) is 33.7 Å². The summed E-state index contributed by atoms with van der Waals surface area (Å²) in [5.41, 5.74) is 2.61. The zero-order valence-corrected chi connectivity index (χ0v) is 13.8. The lowest BCUT2D eigenvalue weighted by Gasteiger charge is -2.24. The minimum absolute atomic E-state index is 0.0291. The van der Waals surface area contributed by atoms with Crippen LogP contribution in [0.4, 0.5) is 5.95 Å². The number of anilines is 1. The van der Waals surface area contributed by atoms with E-state index in [1.165, 1.54) is 0 Å². The van der Waals surface area contributed by atoms with Gasteiger partial charge in [0.05, 0.1) is 23.0 Å². The Morgan fingerprint density at radius 3 is 2.64 bits per heavy atom. The van der Waals surface area contributed by atoms with Gasteiger partial charge in [0.15, 0.2) is 0 Å². The van der Waals surface area contributed by atoms with Crippen LogP contribution in [0.15, 0.2) is 54.6 Å². The molecule has 1 fully saturated rings. The molecule has 0 saturated carbocycles. The lowest BCUT2D eigenvalue weighted by molar-refractivity contribution is -0.128. The normalized spacial score (nSPS) is 20.2. The van der Waals surface area contributed by atoms with Crippen molar-refractivity contribution in [3.8, 4) is 0 Å². The van der Waals surface area contributed by atoms with Gasteiger partial charge in [0.2, 0.25) is 17.8 Å². The molecule has 1 aliphatic rings. The third-order valence-corrected chi connectivity index (χ3v) is 4.70. The minimum Gasteiger partial charge on any atom is -0.338 e. The smallest absolute Gasteiger partial charge is 0.232 e. The summed E-state index contributed by atoms with van der Waals surface area (Å²) < 4.78 is 0. The number of para-hydroxylation sites is 2. The zero-order chi connectivity index (χ0) is 17.4. The van der Waals surface area contributed by atoms with Crippen LogP contribution >= 0.6 is 0 Å². The second kappa shape index (κ2) is 6.05. The number of rotatable bonds is 3. The molecule has 0 bridgehead atoms. The van der Waals surface area contributed by atoms with Crippen molar-refractivity contribution < 1.29 is 9.59 Å². The third kappa shape index (κ3) is 2.76. The number of aromatic nitrogens is 2. The number of carbonyl (C=O) groups excluding carboxylic acids is 2. The molecule has 2 N–H and O–H groups in total. The third-order valence-electron chi connectivity index (χ3n) is 4.70. The Labute approximate surface area is 144 Å². The summed E-state index contributed by atoms with van der Waals surface area (Å²) in [5.74, 6) is -0.280. The Hall–Kier alpha value is -3.15. The molecule has 0 radical (unpaired) electrons. The predicted octanol–water partition coefficient (Wildman–Crippen LogP) is 2.72. The van der Waals surface area contributed by atoms with Crippen LogP contribution in [0.25, 0.3) is 11.0 Å². The quantitative estimate of drug-likeness (QED) is 0.773. The molecule has 0 unspecified atom stereocenters. The molecule has 4 rings (SSSR count). The predicted molar refractivity (Wildman–Crippen MR) is 94.8 cm³/mol. The maximum absolute atomic E-state index is 12.8. The van der Waals surface area contributed by atoms with E-state index in [-0.39, 0.29) is 24.3 Å². The number of nitrogens with zero attached hydrogens (tertiary/aromatic N) is 2. The highest BCUT2D eigenvalue weighted by molar-refractivity contribution is 5.97. The van der Waals surface area contributed by atoms with Gasteiger partial charge >= 0.3 is 0 Å². The molecule has 3 aromatic rings. The molecule has 1 aromatic heterocycles. The van der Waals surface area contributed by atoms with Gasteiger partial charge in [-0.2, -0.15) is 0 Å². The molecule has 0 aliphatic carbocycles. The number of hydrogen-bond acceptors (Lipinski definition) is 3. The zero-order valence-electron chi connectivity index (χ0n) is 13.8. The molecule has 2 heterocycles. The molecule has 6 nitrogen and oxygen atoms in total. The second-order valence-corrected chi connectivity index (χ2v) is 6.26. The molecule has 6 heteroatoms. The molecule has 2 amide bonds. The van der Waals surface area contributed by atoms with Gasteiger partial charge in [0.25, 0.3) is 0 Å². The Morgan fingerprint density at radius 2 is 1.88 bits per heavy atom. The van der Waals surface area contributed by atoms with E-state index in [0.29, 0.717) is 5.95 Å². The molecule has 25 heavy (non-hydrogen) atoms. The van der Waals surface area contributed by atoms with Crippen molar-refractivity contribution in [2.24, 2.45) is 5.92 Å². The first-order valence-corrected chi connectivity index (χ1v) is 8.20. The molecule has 126 valence electrons. The van der Waals surface area contributed by atoms with Crippen molar-refractivity contribution in [3.05, 3.63) is 60.2 Å². The molecule has 0 spiro atoms. The van der Waals surface area contributed by atoms with Crippen LogP contribution in [0.5, 0.6) is 0 Å². The molecule has 2 atom stereocenters. The second-order valence-electron chi connectivity index (χ2n) is 6.26. The lowest BCUT2D eigenvalue weighted by Crippen LogP contribution is -2.30. The number of amides is 2. The molecular weight excluding hydrogens is 316 g/mol. The number of benzene rings is 2. The average Bonchev–Trinajstić information content (AvgIpc) is 3.16. The minimum atomic E-state index is -0.451. The van der Waals surface area contributed by atoms with E-state index in [9.17, 15) is 9.59 Å². The van der Waals surface area contributed by atoms with Gasteiger partial charge in [-0.05, 0) is 17.7 Å². The number of H-pyrrole nitrogens is 1. The highest BCUT2D eigenvalue weighted by Crippen LogP contribution is 2.37. The fourth-order valence-electron chi connectivity index (χ4n) is 3.43. The van der Waals surface area contributed by atoms with Crippen LogP contribution in [-0.2, 0) is 9.59 Å². The Bertz CT molecular complexity index is 902. The summed E-state index contributed by atoms with van der Waals surface area (Å²) in [6, 6.07) is 17.0. The number of carbonyl (C=O) groups is 2. The lowest BCUT2D eigenvalue weighted by atomic mass is 9.93. The van der Waals surface area contributed by atoms with Gasteiger partial charge in [0.1, 0.15) is 0 Å². The first kappa shape index (κ1) is 15.4. The summed E-state index contributed by atoms with van der Waals surface area (Å²) in [6.45, 7) is 0. The van der Waals surface area contributed by atoms with Gasteiger partial charge in [-0.15, -0.1) is 0 Å². The van der Waals surface area contributed by atoms with E-state index >= 15 is 0 Å². The standard InChI is InChI=1S/C19H18N4O2/c1-23-16(24)11-13(17(23)12-7-3-2-4-8-12)18(25)22-19-20-14-9-5-6-10-15(14)21-19/h2-10,13,17H,11H2,1H3,(H2,20,21,22,25)/t13-,17+/m1/s1. The largest absolute Gasteiger partial charge is 0.338 e. The molecular formula is C19H18N4O2. The summed E-state index contributed by atoms with van der Waals surface area (Å²) in [7, 11) is 1.74. The highest BCUT2D eigenvalue weighted by atomic mass is 16.2. The Morgan fingerprint density at radius 1 is 1.16 bits per heavy atom. The van der Waals surface area contributed by atoms with Crippen molar-refractivity contribution in [2.75, 3.05) is 12.4 Å². The van der Waals surface area contributed by atoms with E-state index < -0.39 is 5.92 Å². The molecule has 1 saturated heterocycles. The summed E-state index contributed by atoms with van der Waals surface area (Å²) >= 11 is 0. The van der Waals surface area contributed by atoms with Crippen LogP contribution in [0.2, 0.25) is 0 Å². The van der Waals surface area contributed by atoms with E-state index in [0.717, 1.165) is 16.6 Å². The van der Waals surface area contributed by atoms with Crippen LogP contribution in [0.3, 0.4) is 0 Å². The topological polar surface area (TPSA) is 78.1 Å². The van der Waals surface area contributed by atoms with Crippen molar-refractivity contribution in [3.63, 3.8) is 0 Å². The number of aromatic amines is 1. The molecule has 2 aromatic carbocycles. The van der Waals surface area contributed by atoms with Crippen molar-refractivity contribution in [2.45, 2.75) is 12.5 Å². The van der Waals surface area contributed by atoms with E-state index in [2.05, 4.69) is 15.3 Å². The van der Waals surface area contributed by atoms with Gasteiger partial charge in [-0.1, -0.05) is 42.5 Å². The first-order chi connectivity index (χ1) is 12.1. The van der Waals surface area contributed by atoms with Crippen LogP contribution in [0.1, 0.15) is 18.0 Å². The average molecular weight is 334 g/mol. The van der Waals surface area contributed by atoms with Crippen LogP contribution in [0, 0.1) is 5.92 Å². The number of imidazole rings is 1. The summed E-state index contributed by atoms with van der Waals surface area (Å²) in [6.07, 6.45) is 0.197. The van der Waals surface area contributed by atoms with E-state index in [1.807, 2.05) is 54.6 Å². The van der Waals surface area contributed by atoms with Crippen molar-refractivity contribution >= 4 is 28.8 Å². The SMILES string of the molecule is CN1C(=O)C[C@@H](C(=O)Nc2nc3ccccc3[nH]2)[C@@H]1c1ccccc1. The fraction of sp³-hybridized carbons (Fsp3) is 0.211. The van der Waals surface area contributed by atoms with Crippen molar-refractivity contribution in [1.29, 1.82) is 0 Å². The van der Waals surface area contributed by atoms with Gasteiger partial charge in [-0.25, -0.2) is 4.98 Å². The monoisotopic (exact) mass is 334 g/mol. The highest BCUT2D eigenvalue weighted by Gasteiger charge is 2.42. The van der Waals surface area contributed by atoms with Gasteiger partial charge < -0.3 is 9.88 Å². The summed E-state index contributed by atoms with van der Waals surface area (Å²) in [5, 5.41) is 2.83. The maximum atomic E-state index is 12.8. The summed E-state index contributed by atoms with van der Waals surface area (Å²) in [4.78, 5) is 34.1. The Balaban J connectivity index is 1.60. The van der Waals surface area contributed by atoms with Crippen molar-refractivity contribution in [1.82, 2.24) is 14.9 Å². The fourth-order valence-corrected chi connectivity index (χ4v) is 3.43. The number of fused-ring (bicyclic) bond motifs is 1. The first-order valence-electron chi connectivity index (χ1n) is 8.20. The number of nitrogens with one attached hydrogen (secondary N) is 2.